The van der Waals surface area contributed by atoms with Crippen LogP contribution in [0.15, 0.2) is 24.8 Å². The van der Waals surface area contributed by atoms with Crippen molar-refractivity contribution >= 4 is 0 Å². The molecular formula is C19H27F. The molecule has 1 aromatic rings. The quantitative estimate of drug-likeness (QED) is 0.446. The van der Waals surface area contributed by atoms with E-state index in [2.05, 4.69) is 19.6 Å². The van der Waals surface area contributed by atoms with Crippen LogP contribution in [0.5, 0.6) is 0 Å². The van der Waals surface area contributed by atoms with Crippen LogP contribution in [0.4, 0.5) is 4.39 Å². The summed E-state index contributed by atoms with van der Waals surface area (Å²) in [5, 5.41) is 0. The van der Waals surface area contributed by atoms with Crippen LogP contribution in [0.1, 0.15) is 62.1 Å². The Balaban J connectivity index is 2.04. The fraction of sp³-hybridized carbons (Fsp3) is 0.579. The van der Waals surface area contributed by atoms with Gasteiger partial charge in [0.25, 0.3) is 0 Å². The lowest BCUT2D eigenvalue weighted by molar-refractivity contribution is 0.420. The minimum absolute atomic E-state index is 0.0979. The van der Waals surface area contributed by atoms with E-state index < -0.39 is 0 Å². The van der Waals surface area contributed by atoms with Gasteiger partial charge in [0.15, 0.2) is 0 Å². The standard InChI is InChI=1S/C19H27F/c1-3-5-7-9-16-11-12-17-14-15(8-6-4-2)10-13-18(17)19(16)20/h4,11-12,15H,2-3,5-10,13-14H2,1H3. The first kappa shape index (κ1) is 15.3. The van der Waals surface area contributed by atoms with Crippen LogP contribution < -0.4 is 0 Å². The molecule has 1 atom stereocenters. The second-order valence-electron chi connectivity index (χ2n) is 6.11. The van der Waals surface area contributed by atoms with Crippen molar-refractivity contribution in [2.75, 3.05) is 0 Å². The lowest BCUT2D eigenvalue weighted by Gasteiger charge is -2.25. The van der Waals surface area contributed by atoms with Gasteiger partial charge in [0, 0.05) is 0 Å². The molecule has 20 heavy (non-hydrogen) atoms. The van der Waals surface area contributed by atoms with Crippen LogP contribution in [0, 0.1) is 11.7 Å². The molecule has 1 heteroatoms. The van der Waals surface area contributed by atoms with Crippen LogP contribution in [-0.2, 0) is 19.3 Å². The van der Waals surface area contributed by atoms with Crippen molar-refractivity contribution in [3.8, 4) is 0 Å². The van der Waals surface area contributed by atoms with Crippen molar-refractivity contribution in [1.29, 1.82) is 0 Å². The normalized spacial score (nSPS) is 17.8. The van der Waals surface area contributed by atoms with E-state index in [0.717, 1.165) is 49.7 Å². The van der Waals surface area contributed by atoms with Gasteiger partial charge >= 0.3 is 0 Å². The molecule has 0 spiro atoms. The SMILES string of the molecule is C=CCCC1CCc2c(ccc(CCCCC)c2F)C1. The summed E-state index contributed by atoms with van der Waals surface area (Å²) in [6.45, 7) is 5.98. The summed E-state index contributed by atoms with van der Waals surface area (Å²) in [4.78, 5) is 0. The first-order chi connectivity index (χ1) is 9.76. The molecule has 0 nitrogen and oxygen atoms in total. The molecule has 1 aliphatic rings. The number of unbranched alkanes of at least 4 members (excludes halogenated alkanes) is 2. The third-order valence-corrected chi connectivity index (χ3v) is 4.56. The number of rotatable bonds is 7. The Bertz CT molecular complexity index is 447. The third kappa shape index (κ3) is 3.71. The highest BCUT2D eigenvalue weighted by molar-refractivity contribution is 5.36. The molecule has 0 N–H and O–H groups in total. The number of benzene rings is 1. The predicted molar refractivity (Wildman–Crippen MR) is 84.6 cm³/mol. The van der Waals surface area contributed by atoms with E-state index in [1.54, 1.807) is 0 Å². The first-order valence-corrected chi connectivity index (χ1v) is 8.16. The van der Waals surface area contributed by atoms with Gasteiger partial charge in [0.1, 0.15) is 5.82 Å². The van der Waals surface area contributed by atoms with Crippen molar-refractivity contribution in [1.82, 2.24) is 0 Å². The molecule has 1 unspecified atom stereocenters. The largest absolute Gasteiger partial charge is 0.206 e. The Morgan fingerprint density at radius 2 is 2.20 bits per heavy atom. The van der Waals surface area contributed by atoms with E-state index in [4.69, 9.17) is 0 Å². The smallest absolute Gasteiger partial charge is 0.129 e. The zero-order chi connectivity index (χ0) is 14.4. The summed E-state index contributed by atoms with van der Waals surface area (Å²) in [5.41, 5.74) is 3.19. The summed E-state index contributed by atoms with van der Waals surface area (Å²) < 4.78 is 14.5. The monoisotopic (exact) mass is 274 g/mol. The Morgan fingerprint density at radius 1 is 1.35 bits per heavy atom. The van der Waals surface area contributed by atoms with Crippen LogP contribution in [0.2, 0.25) is 0 Å². The van der Waals surface area contributed by atoms with Gasteiger partial charge in [0.2, 0.25) is 0 Å². The van der Waals surface area contributed by atoms with Gasteiger partial charge in [-0.3, -0.25) is 0 Å². The fourth-order valence-corrected chi connectivity index (χ4v) is 3.29. The highest BCUT2D eigenvalue weighted by Crippen LogP contribution is 2.31. The van der Waals surface area contributed by atoms with Crippen LogP contribution in [-0.4, -0.2) is 0 Å². The average molecular weight is 274 g/mol. The van der Waals surface area contributed by atoms with Gasteiger partial charge in [-0.05, 0) is 67.6 Å². The second kappa shape index (κ2) is 7.61. The minimum atomic E-state index is 0.0979. The van der Waals surface area contributed by atoms with E-state index in [0.29, 0.717) is 5.92 Å². The summed E-state index contributed by atoms with van der Waals surface area (Å²) in [5.74, 6) is 0.812. The van der Waals surface area contributed by atoms with Crippen LogP contribution in [0.25, 0.3) is 0 Å². The molecule has 0 saturated heterocycles. The highest BCUT2D eigenvalue weighted by Gasteiger charge is 2.22. The number of allylic oxidation sites excluding steroid dienone is 1. The van der Waals surface area contributed by atoms with Gasteiger partial charge in [-0.2, -0.15) is 0 Å². The lowest BCUT2D eigenvalue weighted by atomic mass is 9.80. The van der Waals surface area contributed by atoms with E-state index in [9.17, 15) is 4.39 Å². The van der Waals surface area contributed by atoms with Gasteiger partial charge in [-0.25, -0.2) is 4.39 Å². The summed E-state index contributed by atoms with van der Waals surface area (Å²) in [6.07, 6.45) is 11.8. The van der Waals surface area contributed by atoms with Gasteiger partial charge in [-0.15, -0.1) is 6.58 Å². The minimum Gasteiger partial charge on any atom is -0.206 e. The third-order valence-electron chi connectivity index (χ3n) is 4.56. The maximum atomic E-state index is 14.5. The highest BCUT2D eigenvalue weighted by atomic mass is 19.1. The van der Waals surface area contributed by atoms with E-state index in [1.165, 1.54) is 24.8 Å². The number of halogens is 1. The Kier molecular flexibility index (Phi) is 5.82. The zero-order valence-corrected chi connectivity index (χ0v) is 12.8. The molecule has 1 aromatic carbocycles. The molecular weight excluding hydrogens is 247 g/mol. The van der Waals surface area contributed by atoms with Crippen LogP contribution in [0.3, 0.4) is 0 Å². The van der Waals surface area contributed by atoms with Crippen molar-refractivity contribution in [3.05, 3.63) is 47.3 Å². The molecule has 2 rings (SSSR count). The van der Waals surface area contributed by atoms with E-state index in [-0.39, 0.29) is 5.82 Å². The molecule has 110 valence electrons. The molecule has 0 aromatic heterocycles. The molecule has 0 fully saturated rings. The summed E-state index contributed by atoms with van der Waals surface area (Å²) in [6, 6.07) is 4.21. The van der Waals surface area contributed by atoms with Crippen molar-refractivity contribution in [2.24, 2.45) is 5.92 Å². The van der Waals surface area contributed by atoms with E-state index >= 15 is 0 Å². The molecule has 0 aliphatic heterocycles. The zero-order valence-electron chi connectivity index (χ0n) is 12.8. The lowest BCUT2D eigenvalue weighted by Crippen LogP contribution is -2.16. The predicted octanol–water partition coefficient (Wildman–Crippen LogP) is 5.63. The molecule has 0 saturated carbocycles. The molecule has 0 heterocycles. The molecule has 0 bridgehead atoms. The Hall–Kier alpha value is -1.11. The number of fused-ring (bicyclic) bond motifs is 1. The van der Waals surface area contributed by atoms with Gasteiger partial charge in [0.05, 0.1) is 0 Å². The molecule has 1 aliphatic carbocycles. The molecule has 0 radical (unpaired) electrons. The van der Waals surface area contributed by atoms with Crippen molar-refractivity contribution in [3.63, 3.8) is 0 Å². The fourth-order valence-electron chi connectivity index (χ4n) is 3.29. The maximum Gasteiger partial charge on any atom is 0.129 e. The number of hydrogen-bond donors (Lipinski definition) is 0. The van der Waals surface area contributed by atoms with Crippen molar-refractivity contribution in [2.45, 2.75) is 64.7 Å². The maximum absolute atomic E-state index is 14.5. The van der Waals surface area contributed by atoms with Crippen LogP contribution >= 0.6 is 0 Å². The van der Waals surface area contributed by atoms with Gasteiger partial charge in [-0.1, -0.05) is 38.0 Å². The van der Waals surface area contributed by atoms with Crippen molar-refractivity contribution < 1.29 is 4.39 Å². The average Bonchev–Trinajstić information content (AvgIpc) is 2.47. The topological polar surface area (TPSA) is 0 Å². The number of hydrogen-bond acceptors (Lipinski definition) is 0. The number of aryl methyl sites for hydroxylation is 1. The Morgan fingerprint density at radius 3 is 2.95 bits per heavy atom. The van der Waals surface area contributed by atoms with Gasteiger partial charge < -0.3 is 0 Å². The van der Waals surface area contributed by atoms with E-state index in [1.807, 2.05) is 12.1 Å². The molecule has 0 amide bonds. The second-order valence-corrected chi connectivity index (χ2v) is 6.11. The first-order valence-electron chi connectivity index (χ1n) is 8.16. The Labute approximate surface area is 123 Å². The summed E-state index contributed by atoms with van der Waals surface area (Å²) in [7, 11) is 0. The summed E-state index contributed by atoms with van der Waals surface area (Å²) >= 11 is 0.